The van der Waals surface area contributed by atoms with E-state index >= 15 is 0 Å². The van der Waals surface area contributed by atoms with Crippen LogP contribution in [0.3, 0.4) is 0 Å². The van der Waals surface area contributed by atoms with Crippen molar-refractivity contribution >= 4 is 5.97 Å². The molecular weight excluding hydrogens is 256 g/mol. The highest BCUT2D eigenvalue weighted by Gasteiger charge is 2.40. The number of rotatable bonds is 11. The van der Waals surface area contributed by atoms with E-state index < -0.39 is 11.5 Å². The average molecular weight is 286 g/mol. The first kappa shape index (κ1) is 17.4. The number of aliphatic carboxylic acids is 1. The summed E-state index contributed by atoms with van der Waals surface area (Å²) < 4.78 is 5.14. The summed E-state index contributed by atoms with van der Waals surface area (Å²) in [5, 5.41) is 12.9. The van der Waals surface area contributed by atoms with Gasteiger partial charge in [-0.05, 0) is 52.6 Å². The van der Waals surface area contributed by atoms with Crippen molar-refractivity contribution in [3.63, 3.8) is 0 Å². The smallest absolute Gasteiger partial charge is 0.323 e. The SMILES string of the molecule is CCC(CCCN(C)C(C)COC)(NC1CC1)C(=O)O. The lowest BCUT2D eigenvalue weighted by Gasteiger charge is -2.31. The minimum absolute atomic E-state index is 0.359. The largest absolute Gasteiger partial charge is 0.480 e. The molecule has 118 valence electrons. The van der Waals surface area contributed by atoms with Crippen LogP contribution in [0.2, 0.25) is 0 Å². The molecule has 0 amide bonds. The number of nitrogens with zero attached hydrogens (tertiary/aromatic N) is 1. The Kier molecular flexibility index (Phi) is 6.92. The molecule has 1 aliphatic rings. The summed E-state index contributed by atoms with van der Waals surface area (Å²) in [5.74, 6) is -0.709. The molecule has 0 aromatic carbocycles. The van der Waals surface area contributed by atoms with Gasteiger partial charge < -0.3 is 14.7 Å². The lowest BCUT2D eigenvalue weighted by molar-refractivity contribution is -0.145. The van der Waals surface area contributed by atoms with Crippen molar-refractivity contribution in [2.75, 3.05) is 27.3 Å². The van der Waals surface area contributed by atoms with Crippen molar-refractivity contribution < 1.29 is 14.6 Å². The molecule has 5 heteroatoms. The molecular formula is C15H30N2O3. The summed E-state index contributed by atoms with van der Waals surface area (Å²) in [5.41, 5.74) is -0.744. The van der Waals surface area contributed by atoms with Crippen molar-refractivity contribution in [3.05, 3.63) is 0 Å². The Morgan fingerprint density at radius 2 is 2.20 bits per heavy atom. The molecule has 2 unspecified atom stereocenters. The van der Waals surface area contributed by atoms with E-state index in [1.807, 2.05) is 6.92 Å². The zero-order valence-electron chi connectivity index (χ0n) is 13.3. The number of methoxy groups -OCH3 is 1. The second-order valence-electron chi connectivity index (χ2n) is 6.05. The van der Waals surface area contributed by atoms with Crippen LogP contribution in [-0.2, 0) is 9.53 Å². The number of carbonyl (C=O) groups is 1. The molecule has 1 fully saturated rings. The third kappa shape index (κ3) is 5.04. The maximum atomic E-state index is 11.6. The molecule has 0 radical (unpaired) electrons. The van der Waals surface area contributed by atoms with E-state index in [1.54, 1.807) is 7.11 Å². The van der Waals surface area contributed by atoms with E-state index in [-0.39, 0.29) is 0 Å². The number of ether oxygens (including phenoxy) is 1. The van der Waals surface area contributed by atoms with E-state index in [0.717, 1.165) is 25.8 Å². The van der Waals surface area contributed by atoms with E-state index in [4.69, 9.17) is 4.74 Å². The van der Waals surface area contributed by atoms with Crippen molar-refractivity contribution in [2.24, 2.45) is 0 Å². The number of likely N-dealkylation sites (N-methyl/N-ethyl adjacent to an activating group) is 1. The van der Waals surface area contributed by atoms with Crippen LogP contribution in [0.4, 0.5) is 0 Å². The van der Waals surface area contributed by atoms with Crippen molar-refractivity contribution in [1.82, 2.24) is 10.2 Å². The maximum Gasteiger partial charge on any atom is 0.323 e. The van der Waals surface area contributed by atoms with Crippen molar-refractivity contribution in [1.29, 1.82) is 0 Å². The molecule has 0 aromatic heterocycles. The first-order valence-electron chi connectivity index (χ1n) is 7.65. The monoisotopic (exact) mass is 286 g/mol. The number of hydrogen-bond donors (Lipinski definition) is 2. The summed E-state index contributed by atoms with van der Waals surface area (Å²) >= 11 is 0. The fourth-order valence-corrected chi connectivity index (χ4v) is 2.51. The van der Waals surface area contributed by atoms with E-state index in [0.29, 0.717) is 31.5 Å². The fraction of sp³-hybridized carbons (Fsp3) is 0.933. The number of carboxylic acids is 1. The van der Waals surface area contributed by atoms with Crippen LogP contribution in [0.1, 0.15) is 46.0 Å². The highest BCUT2D eigenvalue weighted by molar-refractivity contribution is 5.78. The van der Waals surface area contributed by atoms with Gasteiger partial charge in [0.2, 0.25) is 0 Å². The number of nitrogens with one attached hydrogen (secondary N) is 1. The summed E-state index contributed by atoms with van der Waals surface area (Å²) in [4.78, 5) is 13.9. The molecule has 0 aromatic rings. The first-order chi connectivity index (χ1) is 9.45. The highest BCUT2D eigenvalue weighted by atomic mass is 16.5. The molecule has 0 bridgehead atoms. The molecule has 0 spiro atoms. The van der Waals surface area contributed by atoms with Crippen LogP contribution in [0.25, 0.3) is 0 Å². The molecule has 20 heavy (non-hydrogen) atoms. The van der Waals surface area contributed by atoms with Crippen LogP contribution in [-0.4, -0.2) is 60.9 Å². The zero-order chi connectivity index (χ0) is 15.2. The fourth-order valence-electron chi connectivity index (χ4n) is 2.51. The predicted molar refractivity (Wildman–Crippen MR) is 80.0 cm³/mol. The Morgan fingerprint density at radius 3 is 2.65 bits per heavy atom. The van der Waals surface area contributed by atoms with Gasteiger partial charge in [0.25, 0.3) is 0 Å². The molecule has 0 aliphatic heterocycles. The second kappa shape index (κ2) is 7.96. The minimum Gasteiger partial charge on any atom is -0.480 e. The normalized spacial score (nSPS) is 19.9. The molecule has 1 aliphatic carbocycles. The van der Waals surface area contributed by atoms with Gasteiger partial charge in [-0.25, -0.2) is 0 Å². The molecule has 0 heterocycles. The van der Waals surface area contributed by atoms with Gasteiger partial charge in [0.15, 0.2) is 0 Å². The third-order valence-electron chi connectivity index (χ3n) is 4.35. The topological polar surface area (TPSA) is 61.8 Å². The summed E-state index contributed by atoms with van der Waals surface area (Å²) in [6.45, 7) is 5.68. The Balaban J connectivity index is 2.43. The summed E-state index contributed by atoms with van der Waals surface area (Å²) in [6, 6.07) is 0.772. The van der Waals surface area contributed by atoms with Gasteiger partial charge in [0, 0.05) is 19.2 Å². The van der Waals surface area contributed by atoms with Crippen LogP contribution in [0.15, 0.2) is 0 Å². The Labute approximate surface area is 122 Å². The van der Waals surface area contributed by atoms with Crippen LogP contribution < -0.4 is 5.32 Å². The van der Waals surface area contributed by atoms with Gasteiger partial charge >= 0.3 is 5.97 Å². The Morgan fingerprint density at radius 1 is 1.55 bits per heavy atom. The zero-order valence-corrected chi connectivity index (χ0v) is 13.3. The lowest BCUT2D eigenvalue weighted by Crippen LogP contribution is -2.53. The first-order valence-corrected chi connectivity index (χ1v) is 7.65. The van der Waals surface area contributed by atoms with E-state index in [1.165, 1.54) is 0 Å². The molecule has 5 nitrogen and oxygen atoms in total. The van der Waals surface area contributed by atoms with Crippen LogP contribution >= 0.6 is 0 Å². The molecule has 1 rings (SSSR count). The van der Waals surface area contributed by atoms with Gasteiger partial charge in [-0.3, -0.25) is 10.1 Å². The van der Waals surface area contributed by atoms with E-state index in [9.17, 15) is 9.90 Å². The molecule has 2 N–H and O–H groups in total. The number of hydrogen-bond acceptors (Lipinski definition) is 4. The van der Waals surface area contributed by atoms with Gasteiger partial charge in [-0.1, -0.05) is 6.92 Å². The lowest BCUT2D eigenvalue weighted by atomic mass is 9.90. The van der Waals surface area contributed by atoms with Gasteiger partial charge in [-0.2, -0.15) is 0 Å². The molecule has 0 saturated heterocycles. The standard InChI is InChI=1S/C15H30N2O3/c1-5-15(14(18)19,16-13-7-8-13)9-6-10-17(3)12(2)11-20-4/h12-13,16H,5-11H2,1-4H3,(H,18,19). The summed E-state index contributed by atoms with van der Waals surface area (Å²) in [7, 11) is 3.77. The van der Waals surface area contributed by atoms with Gasteiger partial charge in [-0.15, -0.1) is 0 Å². The summed E-state index contributed by atoms with van der Waals surface area (Å²) in [6.07, 6.45) is 4.42. The minimum atomic E-state index is -0.744. The second-order valence-corrected chi connectivity index (χ2v) is 6.05. The van der Waals surface area contributed by atoms with Crippen molar-refractivity contribution in [3.8, 4) is 0 Å². The van der Waals surface area contributed by atoms with Crippen molar-refractivity contribution in [2.45, 2.75) is 63.6 Å². The Bertz CT molecular complexity index is 307. The van der Waals surface area contributed by atoms with Gasteiger partial charge in [0.1, 0.15) is 5.54 Å². The molecule has 2 atom stereocenters. The predicted octanol–water partition coefficient (Wildman–Crippen LogP) is 1.72. The van der Waals surface area contributed by atoms with Crippen LogP contribution in [0, 0.1) is 0 Å². The van der Waals surface area contributed by atoms with Gasteiger partial charge in [0.05, 0.1) is 6.61 Å². The van der Waals surface area contributed by atoms with Crippen LogP contribution in [0.5, 0.6) is 0 Å². The third-order valence-corrected chi connectivity index (χ3v) is 4.35. The Hall–Kier alpha value is -0.650. The maximum absolute atomic E-state index is 11.6. The average Bonchev–Trinajstić information content (AvgIpc) is 3.21. The van der Waals surface area contributed by atoms with E-state index in [2.05, 4.69) is 24.2 Å². The molecule has 1 saturated carbocycles. The highest BCUT2D eigenvalue weighted by Crippen LogP contribution is 2.27. The quantitative estimate of drug-likeness (QED) is 0.605. The number of carboxylic acid groups (broad SMARTS) is 1.